The Kier molecular flexibility index (Phi) is 10.2. The van der Waals surface area contributed by atoms with Gasteiger partial charge in [-0.2, -0.15) is 0 Å². The Bertz CT molecular complexity index is 596. The molecule has 0 aromatic heterocycles. The number of hydrogen-bond donors (Lipinski definition) is 2. The van der Waals surface area contributed by atoms with Crippen molar-refractivity contribution in [2.24, 2.45) is 11.8 Å². The molecule has 2 N–H and O–H groups in total. The first kappa shape index (κ1) is 28.0. The van der Waals surface area contributed by atoms with Crippen LogP contribution < -0.4 is 0 Å². The first-order valence-corrected chi connectivity index (χ1v) is 11.2. The first-order chi connectivity index (χ1) is 14.7. The van der Waals surface area contributed by atoms with Gasteiger partial charge in [0, 0.05) is 24.9 Å². The van der Waals surface area contributed by atoms with E-state index in [4.69, 9.17) is 9.47 Å². The quantitative estimate of drug-likeness (QED) is 0.630. The predicted molar refractivity (Wildman–Crippen MR) is 124 cm³/mol. The van der Waals surface area contributed by atoms with Crippen LogP contribution in [0.1, 0.15) is 54.4 Å². The lowest BCUT2D eigenvalue weighted by Gasteiger charge is -2.24. The maximum atomic E-state index is 11.7. The zero-order valence-corrected chi connectivity index (χ0v) is 20.5. The number of amides is 2. The number of aliphatic hydroxyl groups is 2. The molecule has 184 valence electrons. The number of hydrogen-bond acceptors (Lipinski definition) is 6. The molecule has 2 fully saturated rings. The molecular weight excluding hydrogens is 412 g/mol. The predicted octanol–water partition coefficient (Wildman–Crippen LogP) is 3.58. The number of β-amino-alcohol motifs (C(OH)–C–C–N with tert-alkyl or cyclic N) is 2. The molecule has 8 nitrogen and oxygen atoms in total. The summed E-state index contributed by atoms with van der Waals surface area (Å²) in [5.74, 6) is 0.176. The molecule has 2 aliphatic rings. The standard InChI is InChI=1S/2C12H21NO3/c2*1-5-6-9-7-13(8-10(9)14)11(15)16-12(2,3)4/h2*5,9-10,14H,1,6-8H2,2-4H3/t2*9-,10+/m10/s1. The van der Waals surface area contributed by atoms with Gasteiger partial charge in [-0.25, -0.2) is 9.59 Å². The van der Waals surface area contributed by atoms with E-state index in [0.717, 1.165) is 12.8 Å². The van der Waals surface area contributed by atoms with Gasteiger partial charge < -0.3 is 29.5 Å². The Morgan fingerprint density at radius 1 is 0.781 bits per heavy atom. The average Bonchev–Trinajstić information content (AvgIpc) is 3.17. The van der Waals surface area contributed by atoms with Gasteiger partial charge in [-0.15, -0.1) is 13.2 Å². The van der Waals surface area contributed by atoms with Gasteiger partial charge in [0.1, 0.15) is 11.2 Å². The molecule has 8 heteroatoms. The zero-order valence-electron chi connectivity index (χ0n) is 20.5. The van der Waals surface area contributed by atoms with Crippen molar-refractivity contribution in [2.75, 3.05) is 26.2 Å². The van der Waals surface area contributed by atoms with Crippen molar-refractivity contribution in [2.45, 2.75) is 77.8 Å². The summed E-state index contributed by atoms with van der Waals surface area (Å²) in [6, 6.07) is 0. The topological polar surface area (TPSA) is 99.5 Å². The number of aliphatic hydroxyl groups excluding tert-OH is 2. The van der Waals surface area contributed by atoms with Crippen molar-refractivity contribution in [3.63, 3.8) is 0 Å². The van der Waals surface area contributed by atoms with Gasteiger partial charge in [-0.3, -0.25) is 0 Å². The molecule has 0 radical (unpaired) electrons. The monoisotopic (exact) mass is 454 g/mol. The van der Waals surface area contributed by atoms with E-state index in [0.29, 0.717) is 26.2 Å². The van der Waals surface area contributed by atoms with Crippen LogP contribution in [0, 0.1) is 11.8 Å². The summed E-state index contributed by atoms with van der Waals surface area (Å²) in [5.41, 5.74) is -0.975. The summed E-state index contributed by atoms with van der Waals surface area (Å²) in [5, 5.41) is 19.5. The molecule has 0 unspecified atom stereocenters. The van der Waals surface area contributed by atoms with Crippen LogP contribution in [0.15, 0.2) is 25.3 Å². The molecule has 0 spiro atoms. The molecule has 0 aromatic rings. The Hall–Kier alpha value is -2.06. The maximum absolute atomic E-state index is 11.7. The number of carbonyl (C=O) groups excluding carboxylic acids is 2. The highest BCUT2D eigenvalue weighted by Crippen LogP contribution is 2.23. The summed E-state index contributed by atoms with van der Waals surface area (Å²) in [6.45, 7) is 20.1. The third-order valence-electron chi connectivity index (χ3n) is 5.06. The SMILES string of the molecule is C=CC[C@@H]1CN(C(=O)OC(C)(C)C)C[C@@H]1O.C=CC[C@H]1CN(C(=O)OC(C)(C)C)C[C@H]1O. The molecule has 2 saturated heterocycles. The Labute approximate surface area is 192 Å². The Balaban J connectivity index is 0.000000320. The molecule has 0 saturated carbocycles. The van der Waals surface area contributed by atoms with E-state index < -0.39 is 23.4 Å². The van der Waals surface area contributed by atoms with E-state index in [1.807, 2.05) is 41.5 Å². The fourth-order valence-electron chi connectivity index (χ4n) is 3.55. The van der Waals surface area contributed by atoms with E-state index in [1.54, 1.807) is 22.0 Å². The number of likely N-dealkylation sites (tertiary alicyclic amines) is 2. The lowest BCUT2D eigenvalue weighted by atomic mass is 10.0. The van der Waals surface area contributed by atoms with Crippen LogP contribution in [-0.4, -0.2) is 81.8 Å². The van der Waals surface area contributed by atoms with Crippen molar-refractivity contribution in [1.29, 1.82) is 0 Å². The van der Waals surface area contributed by atoms with Crippen LogP contribution in [0.25, 0.3) is 0 Å². The lowest BCUT2D eigenvalue weighted by Crippen LogP contribution is -2.35. The second-order valence-electron chi connectivity index (χ2n) is 10.5. The van der Waals surface area contributed by atoms with Gasteiger partial charge in [0.15, 0.2) is 0 Å². The molecule has 2 rings (SSSR count). The molecule has 2 heterocycles. The van der Waals surface area contributed by atoms with E-state index in [-0.39, 0.29) is 24.0 Å². The van der Waals surface area contributed by atoms with Gasteiger partial charge in [-0.1, -0.05) is 12.2 Å². The van der Waals surface area contributed by atoms with Crippen LogP contribution in [0.5, 0.6) is 0 Å². The lowest BCUT2D eigenvalue weighted by molar-refractivity contribution is 0.0261. The first-order valence-electron chi connectivity index (χ1n) is 11.2. The van der Waals surface area contributed by atoms with Crippen LogP contribution in [-0.2, 0) is 9.47 Å². The summed E-state index contributed by atoms with van der Waals surface area (Å²) >= 11 is 0. The van der Waals surface area contributed by atoms with E-state index >= 15 is 0 Å². The number of allylic oxidation sites excluding steroid dienone is 2. The Morgan fingerprint density at radius 3 is 1.34 bits per heavy atom. The van der Waals surface area contributed by atoms with Crippen molar-refractivity contribution in [3.05, 3.63) is 25.3 Å². The van der Waals surface area contributed by atoms with Crippen LogP contribution in [0.3, 0.4) is 0 Å². The molecule has 2 amide bonds. The van der Waals surface area contributed by atoms with Gasteiger partial charge in [-0.05, 0) is 54.4 Å². The normalized spacial score (nSPS) is 25.6. The fraction of sp³-hybridized carbons (Fsp3) is 0.750. The van der Waals surface area contributed by atoms with Gasteiger partial charge in [0.2, 0.25) is 0 Å². The average molecular weight is 455 g/mol. The van der Waals surface area contributed by atoms with Crippen molar-refractivity contribution in [3.8, 4) is 0 Å². The van der Waals surface area contributed by atoms with Crippen molar-refractivity contribution < 1.29 is 29.3 Å². The van der Waals surface area contributed by atoms with Gasteiger partial charge >= 0.3 is 12.2 Å². The fourth-order valence-corrected chi connectivity index (χ4v) is 3.55. The van der Waals surface area contributed by atoms with E-state index in [9.17, 15) is 19.8 Å². The summed E-state index contributed by atoms with van der Waals surface area (Å²) < 4.78 is 10.5. The maximum Gasteiger partial charge on any atom is 0.410 e. The number of carbonyl (C=O) groups is 2. The highest BCUT2D eigenvalue weighted by molar-refractivity contribution is 5.69. The minimum Gasteiger partial charge on any atom is -0.444 e. The zero-order chi connectivity index (χ0) is 24.7. The van der Waals surface area contributed by atoms with E-state index in [2.05, 4.69) is 13.2 Å². The molecule has 0 aliphatic carbocycles. The number of ether oxygens (including phenoxy) is 2. The summed E-state index contributed by atoms with van der Waals surface area (Å²) in [7, 11) is 0. The molecule has 0 bridgehead atoms. The van der Waals surface area contributed by atoms with E-state index in [1.165, 1.54) is 0 Å². The third kappa shape index (κ3) is 9.61. The largest absolute Gasteiger partial charge is 0.444 e. The number of rotatable bonds is 4. The van der Waals surface area contributed by atoms with Crippen molar-refractivity contribution in [1.82, 2.24) is 9.80 Å². The van der Waals surface area contributed by atoms with Crippen LogP contribution in [0.4, 0.5) is 9.59 Å². The second kappa shape index (κ2) is 11.7. The minimum atomic E-state index is -0.488. The molecule has 2 aliphatic heterocycles. The molecule has 32 heavy (non-hydrogen) atoms. The highest BCUT2D eigenvalue weighted by Gasteiger charge is 2.36. The Morgan fingerprint density at radius 2 is 1.09 bits per heavy atom. The summed E-state index contributed by atoms with van der Waals surface area (Å²) in [6.07, 6.45) is 3.35. The highest BCUT2D eigenvalue weighted by atomic mass is 16.6. The van der Waals surface area contributed by atoms with Crippen molar-refractivity contribution >= 4 is 12.2 Å². The summed E-state index contributed by atoms with van der Waals surface area (Å²) in [4.78, 5) is 26.6. The minimum absolute atomic E-state index is 0.0880. The molecule has 0 aromatic carbocycles. The molecular formula is C24H42N2O6. The van der Waals surface area contributed by atoms with Crippen LogP contribution in [0.2, 0.25) is 0 Å². The molecule has 4 atom stereocenters. The smallest absolute Gasteiger partial charge is 0.410 e. The van der Waals surface area contributed by atoms with Gasteiger partial charge in [0.25, 0.3) is 0 Å². The second-order valence-corrected chi connectivity index (χ2v) is 10.5. The third-order valence-corrected chi connectivity index (χ3v) is 5.06. The van der Waals surface area contributed by atoms with Gasteiger partial charge in [0.05, 0.1) is 25.3 Å². The van der Waals surface area contributed by atoms with Crippen LogP contribution >= 0.6 is 0 Å². The number of nitrogens with zero attached hydrogens (tertiary/aromatic N) is 2.